The summed E-state index contributed by atoms with van der Waals surface area (Å²) >= 11 is 0. The molecule has 2 aliphatic rings. The van der Waals surface area contributed by atoms with Gasteiger partial charge in [-0.05, 0) is 62.9 Å². The molecule has 0 aromatic carbocycles. The Kier molecular flexibility index (Phi) is 7.55. The van der Waals surface area contributed by atoms with Crippen molar-refractivity contribution in [3.8, 4) is 22.9 Å². The Bertz CT molecular complexity index is 1540. The second kappa shape index (κ2) is 11.6. The van der Waals surface area contributed by atoms with Crippen molar-refractivity contribution >= 4 is 17.2 Å². The lowest BCUT2D eigenvalue weighted by Gasteiger charge is -2.43. The molecule has 1 saturated heterocycles. The molecule has 2 fully saturated rings. The molecule has 4 aromatic heterocycles. The first-order valence-corrected chi connectivity index (χ1v) is 14.5. The zero-order valence-electron chi connectivity index (χ0n) is 23.4. The molecule has 0 spiro atoms. The van der Waals surface area contributed by atoms with Crippen LogP contribution in [0.4, 0.5) is 5.82 Å². The third kappa shape index (κ3) is 5.60. The SMILES string of the molecule is CCOc1cc(-c2ccc(N3CCC(Cc4ccccn4)(NC(=O)C4CCCC4)CC3)nc2)c2c(C#N)cnn2c1. The van der Waals surface area contributed by atoms with Gasteiger partial charge in [-0.25, -0.2) is 9.50 Å². The molecule has 9 nitrogen and oxygen atoms in total. The molecule has 9 heteroatoms. The molecule has 0 atom stereocenters. The second-order valence-corrected chi connectivity index (χ2v) is 11.1. The number of nitrogens with zero attached hydrogens (tertiary/aromatic N) is 6. The van der Waals surface area contributed by atoms with E-state index in [2.05, 4.69) is 26.4 Å². The van der Waals surface area contributed by atoms with Crippen LogP contribution in [0, 0.1) is 17.2 Å². The van der Waals surface area contributed by atoms with Crippen LogP contribution in [0.2, 0.25) is 0 Å². The minimum atomic E-state index is -0.314. The van der Waals surface area contributed by atoms with Crippen LogP contribution in [-0.4, -0.2) is 50.7 Å². The van der Waals surface area contributed by atoms with Gasteiger partial charge in [0.2, 0.25) is 5.91 Å². The quantitative estimate of drug-likeness (QED) is 0.331. The Hall–Kier alpha value is -4.45. The summed E-state index contributed by atoms with van der Waals surface area (Å²) < 4.78 is 7.45. The third-order valence-electron chi connectivity index (χ3n) is 8.48. The number of piperidine rings is 1. The summed E-state index contributed by atoms with van der Waals surface area (Å²) in [6.07, 6.45) is 13.7. The molecule has 1 aliphatic carbocycles. The largest absolute Gasteiger partial charge is 0.492 e. The number of pyridine rings is 3. The average Bonchev–Trinajstić information content (AvgIpc) is 3.69. The molecule has 5 heterocycles. The van der Waals surface area contributed by atoms with Crippen LogP contribution in [0.25, 0.3) is 16.6 Å². The maximum atomic E-state index is 13.2. The molecule has 6 rings (SSSR count). The Balaban J connectivity index is 1.21. The van der Waals surface area contributed by atoms with Crippen molar-refractivity contribution < 1.29 is 9.53 Å². The van der Waals surface area contributed by atoms with Gasteiger partial charge < -0.3 is 15.0 Å². The Morgan fingerprint density at radius 3 is 2.66 bits per heavy atom. The van der Waals surface area contributed by atoms with Crippen LogP contribution in [0.15, 0.2) is 61.2 Å². The number of nitrogens with one attached hydrogen (secondary N) is 1. The number of carbonyl (C=O) groups excluding carboxylic acids is 1. The molecule has 210 valence electrons. The van der Waals surface area contributed by atoms with Crippen molar-refractivity contribution in [1.29, 1.82) is 5.26 Å². The van der Waals surface area contributed by atoms with Gasteiger partial charge in [0.1, 0.15) is 17.6 Å². The van der Waals surface area contributed by atoms with E-state index in [0.717, 1.165) is 86.2 Å². The van der Waals surface area contributed by atoms with E-state index >= 15 is 0 Å². The van der Waals surface area contributed by atoms with Crippen LogP contribution in [0.1, 0.15) is 56.7 Å². The highest BCUT2D eigenvalue weighted by atomic mass is 16.5. The highest BCUT2D eigenvalue weighted by Gasteiger charge is 2.38. The molecule has 0 unspecified atom stereocenters. The van der Waals surface area contributed by atoms with Crippen molar-refractivity contribution in [2.45, 2.75) is 57.4 Å². The molecule has 0 radical (unpaired) electrons. The van der Waals surface area contributed by atoms with Crippen molar-refractivity contribution in [2.75, 3.05) is 24.6 Å². The summed E-state index contributed by atoms with van der Waals surface area (Å²) in [6, 6.07) is 14.2. The maximum Gasteiger partial charge on any atom is 0.223 e. The molecular formula is C32H35N7O2. The summed E-state index contributed by atoms with van der Waals surface area (Å²) in [6.45, 7) is 4.05. The topological polar surface area (TPSA) is 108 Å². The molecule has 1 aliphatic heterocycles. The highest BCUT2D eigenvalue weighted by molar-refractivity contribution is 5.85. The van der Waals surface area contributed by atoms with E-state index in [9.17, 15) is 10.1 Å². The zero-order chi connectivity index (χ0) is 28.2. The van der Waals surface area contributed by atoms with Gasteiger partial charge in [-0.2, -0.15) is 10.4 Å². The average molecular weight is 550 g/mol. The smallest absolute Gasteiger partial charge is 0.223 e. The van der Waals surface area contributed by atoms with Gasteiger partial charge in [0.15, 0.2) is 0 Å². The fourth-order valence-corrected chi connectivity index (χ4v) is 6.29. The van der Waals surface area contributed by atoms with E-state index in [1.54, 1.807) is 16.9 Å². The number of ether oxygens (including phenoxy) is 1. The number of hydrogen-bond acceptors (Lipinski definition) is 7. The second-order valence-electron chi connectivity index (χ2n) is 11.1. The van der Waals surface area contributed by atoms with Crippen molar-refractivity contribution in [3.63, 3.8) is 0 Å². The molecular weight excluding hydrogens is 514 g/mol. The van der Waals surface area contributed by atoms with Crippen LogP contribution in [0.3, 0.4) is 0 Å². The minimum absolute atomic E-state index is 0.132. The van der Waals surface area contributed by atoms with Gasteiger partial charge in [-0.3, -0.25) is 9.78 Å². The van der Waals surface area contributed by atoms with Crippen LogP contribution < -0.4 is 15.0 Å². The summed E-state index contributed by atoms with van der Waals surface area (Å²) in [5.74, 6) is 1.92. The number of amides is 1. The van der Waals surface area contributed by atoms with Crippen LogP contribution >= 0.6 is 0 Å². The fraction of sp³-hybridized carbons (Fsp3) is 0.406. The number of carbonyl (C=O) groups is 1. The number of fused-ring (bicyclic) bond motifs is 1. The fourth-order valence-electron chi connectivity index (χ4n) is 6.29. The van der Waals surface area contributed by atoms with Gasteiger partial charge in [0.05, 0.1) is 30.1 Å². The van der Waals surface area contributed by atoms with Gasteiger partial charge in [-0.1, -0.05) is 18.9 Å². The first-order chi connectivity index (χ1) is 20.1. The third-order valence-corrected chi connectivity index (χ3v) is 8.48. The van der Waals surface area contributed by atoms with E-state index in [-0.39, 0.29) is 17.4 Å². The van der Waals surface area contributed by atoms with E-state index < -0.39 is 0 Å². The Morgan fingerprint density at radius 1 is 1.15 bits per heavy atom. The van der Waals surface area contributed by atoms with Gasteiger partial charge in [0.25, 0.3) is 0 Å². The molecule has 1 N–H and O–H groups in total. The van der Waals surface area contributed by atoms with Crippen LogP contribution in [-0.2, 0) is 11.2 Å². The van der Waals surface area contributed by atoms with Crippen molar-refractivity contribution in [3.05, 3.63) is 72.4 Å². The number of anilines is 1. The summed E-state index contributed by atoms with van der Waals surface area (Å²) in [5.41, 5.74) is 3.68. The number of rotatable bonds is 8. The predicted octanol–water partition coefficient (Wildman–Crippen LogP) is 4.95. The molecule has 1 saturated carbocycles. The predicted molar refractivity (Wildman–Crippen MR) is 157 cm³/mol. The lowest BCUT2D eigenvalue weighted by molar-refractivity contribution is -0.127. The molecule has 1 amide bonds. The number of aromatic nitrogens is 4. The number of hydrogen-bond donors (Lipinski definition) is 1. The summed E-state index contributed by atoms with van der Waals surface area (Å²) in [7, 11) is 0. The normalized spacial score (nSPS) is 16.9. The van der Waals surface area contributed by atoms with Gasteiger partial charge in [-0.15, -0.1) is 0 Å². The molecule has 4 aromatic rings. The summed E-state index contributed by atoms with van der Waals surface area (Å²) in [4.78, 5) is 24.9. The van der Waals surface area contributed by atoms with Gasteiger partial charge in [0, 0.05) is 60.2 Å². The minimum Gasteiger partial charge on any atom is -0.492 e. The standard InChI is InChI=1S/C32H35N7O2/c1-2-41-27-17-28(30-25(19-33)21-36-39(30)22-27)24-10-11-29(35-20-24)38-15-12-32(13-16-38,18-26-9-5-6-14-34-26)37-31(40)23-7-3-4-8-23/h5-6,9-11,14,17,20-23H,2-4,7-8,12-13,15-16,18H2,1H3,(H,37,40). The first-order valence-electron chi connectivity index (χ1n) is 14.5. The van der Waals surface area contributed by atoms with E-state index in [0.29, 0.717) is 17.9 Å². The maximum absolute atomic E-state index is 13.2. The van der Waals surface area contributed by atoms with E-state index in [1.165, 1.54) is 0 Å². The first kappa shape index (κ1) is 26.8. The lowest BCUT2D eigenvalue weighted by atomic mass is 9.82. The Morgan fingerprint density at radius 2 is 1.98 bits per heavy atom. The highest BCUT2D eigenvalue weighted by Crippen LogP contribution is 2.34. The van der Waals surface area contributed by atoms with Gasteiger partial charge >= 0.3 is 0 Å². The van der Waals surface area contributed by atoms with Crippen molar-refractivity contribution in [1.82, 2.24) is 24.9 Å². The molecule has 0 bridgehead atoms. The van der Waals surface area contributed by atoms with E-state index in [4.69, 9.17) is 9.72 Å². The van der Waals surface area contributed by atoms with E-state index in [1.807, 2.05) is 55.7 Å². The zero-order valence-corrected chi connectivity index (χ0v) is 23.4. The number of nitriles is 1. The monoisotopic (exact) mass is 549 g/mol. The summed E-state index contributed by atoms with van der Waals surface area (Å²) in [5, 5.41) is 17.5. The van der Waals surface area contributed by atoms with Crippen molar-refractivity contribution in [2.24, 2.45) is 5.92 Å². The van der Waals surface area contributed by atoms with Crippen LogP contribution in [0.5, 0.6) is 5.75 Å². The molecule has 41 heavy (non-hydrogen) atoms. The Labute approximate surface area is 240 Å². The lowest BCUT2D eigenvalue weighted by Crippen LogP contribution is -2.57.